The number of rotatable bonds is 7. The highest BCUT2D eigenvalue weighted by Crippen LogP contribution is 2.15. The van der Waals surface area contributed by atoms with Crippen molar-refractivity contribution in [2.45, 2.75) is 6.92 Å². The summed E-state index contributed by atoms with van der Waals surface area (Å²) in [5.74, 6) is 1.86. The number of hydrogen-bond acceptors (Lipinski definition) is 6. The number of amides is 1. The molecule has 0 atom stereocenters. The van der Waals surface area contributed by atoms with E-state index >= 15 is 0 Å². The summed E-state index contributed by atoms with van der Waals surface area (Å²) >= 11 is 5.82. The normalized spacial score (nSPS) is 10.3. The van der Waals surface area contributed by atoms with Gasteiger partial charge < -0.3 is 16.0 Å². The number of aryl methyl sites for hydroxylation is 1. The summed E-state index contributed by atoms with van der Waals surface area (Å²) in [4.78, 5) is 24.6. The van der Waals surface area contributed by atoms with E-state index in [2.05, 4.69) is 30.9 Å². The second-order valence-electron chi connectivity index (χ2n) is 5.82. The van der Waals surface area contributed by atoms with E-state index in [4.69, 9.17) is 11.6 Å². The van der Waals surface area contributed by atoms with Gasteiger partial charge in [-0.15, -0.1) is 0 Å². The number of benzene rings is 1. The molecule has 27 heavy (non-hydrogen) atoms. The molecule has 3 rings (SSSR count). The lowest BCUT2D eigenvalue weighted by Crippen LogP contribution is -2.28. The van der Waals surface area contributed by atoms with Crippen LogP contribution in [0.1, 0.15) is 15.9 Å². The Bertz CT molecular complexity index is 916. The maximum absolute atomic E-state index is 12.0. The minimum atomic E-state index is -0.149. The fourth-order valence-electron chi connectivity index (χ4n) is 2.33. The van der Waals surface area contributed by atoms with Gasteiger partial charge in [0.15, 0.2) is 0 Å². The molecule has 0 bridgehead atoms. The van der Waals surface area contributed by atoms with Crippen LogP contribution in [0, 0.1) is 6.92 Å². The molecule has 0 saturated heterocycles. The lowest BCUT2D eigenvalue weighted by Gasteiger charge is -2.09. The predicted octanol–water partition coefficient (Wildman–Crippen LogP) is 3.42. The minimum Gasteiger partial charge on any atom is -0.368 e. The highest BCUT2D eigenvalue weighted by molar-refractivity contribution is 6.30. The Kier molecular flexibility index (Phi) is 6.17. The van der Waals surface area contributed by atoms with Crippen molar-refractivity contribution in [2.75, 3.05) is 23.7 Å². The fraction of sp³-hybridized carbons (Fsp3) is 0.158. The van der Waals surface area contributed by atoms with E-state index in [1.54, 1.807) is 36.5 Å². The number of nitrogens with one attached hydrogen (secondary N) is 3. The van der Waals surface area contributed by atoms with Gasteiger partial charge in [0.1, 0.15) is 23.8 Å². The summed E-state index contributed by atoms with van der Waals surface area (Å²) in [7, 11) is 0. The van der Waals surface area contributed by atoms with Gasteiger partial charge in [0.05, 0.1) is 0 Å². The van der Waals surface area contributed by atoms with Crippen LogP contribution in [0.5, 0.6) is 0 Å². The molecule has 0 unspecified atom stereocenters. The number of pyridine rings is 1. The summed E-state index contributed by atoms with van der Waals surface area (Å²) in [6.07, 6.45) is 3.20. The molecular weight excluding hydrogens is 364 g/mol. The number of hydrogen-bond donors (Lipinski definition) is 3. The van der Waals surface area contributed by atoms with Crippen LogP contribution in [-0.2, 0) is 0 Å². The molecule has 2 heterocycles. The summed E-state index contributed by atoms with van der Waals surface area (Å²) in [6, 6.07) is 12.4. The van der Waals surface area contributed by atoms with Crippen molar-refractivity contribution >= 4 is 35.0 Å². The van der Waals surface area contributed by atoms with Gasteiger partial charge in [0, 0.05) is 35.9 Å². The van der Waals surface area contributed by atoms with Gasteiger partial charge in [0.25, 0.3) is 5.91 Å². The van der Waals surface area contributed by atoms with E-state index < -0.39 is 0 Å². The molecular formula is C19H19ClN6O. The van der Waals surface area contributed by atoms with Crippen LogP contribution in [0.25, 0.3) is 0 Å². The molecule has 3 N–H and O–H groups in total. The summed E-state index contributed by atoms with van der Waals surface area (Å²) in [5, 5.41) is 9.72. The third kappa shape index (κ3) is 5.65. The van der Waals surface area contributed by atoms with Crippen LogP contribution in [0.4, 0.5) is 17.5 Å². The lowest BCUT2D eigenvalue weighted by atomic mass is 10.2. The van der Waals surface area contributed by atoms with Crippen molar-refractivity contribution < 1.29 is 4.79 Å². The molecule has 0 fully saturated rings. The minimum absolute atomic E-state index is 0.149. The number of halogens is 1. The third-order valence-electron chi connectivity index (χ3n) is 3.66. The predicted molar refractivity (Wildman–Crippen MR) is 107 cm³/mol. The Labute approximate surface area is 162 Å². The SMILES string of the molecule is Cc1ccnc(Nc2cc(NCCNC(=O)c3ccc(Cl)cc3)ncn2)c1. The quantitative estimate of drug-likeness (QED) is 0.542. The van der Waals surface area contributed by atoms with Crippen molar-refractivity contribution in [1.82, 2.24) is 20.3 Å². The van der Waals surface area contributed by atoms with E-state index in [1.807, 2.05) is 19.1 Å². The van der Waals surface area contributed by atoms with Gasteiger partial charge in [-0.1, -0.05) is 11.6 Å². The van der Waals surface area contributed by atoms with E-state index in [0.29, 0.717) is 35.3 Å². The molecule has 0 spiro atoms. The molecule has 0 saturated carbocycles. The van der Waals surface area contributed by atoms with Crippen LogP contribution < -0.4 is 16.0 Å². The lowest BCUT2D eigenvalue weighted by molar-refractivity contribution is 0.0955. The van der Waals surface area contributed by atoms with Gasteiger partial charge in [-0.2, -0.15) is 0 Å². The molecule has 2 aromatic heterocycles. The van der Waals surface area contributed by atoms with Gasteiger partial charge in [0.2, 0.25) is 0 Å². The average molecular weight is 383 g/mol. The maximum Gasteiger partial charge on any atom is 0.251 e. The zero-order valence-corrected chi connectivity index (χ0v) is 15.5. The Morgan fingerprint density at radius 2 is 1.70 bits per heavy atom. The first kappa shape index (κ1) is 18.6. The van der Waals surface area contributed by atoms with E-state index in [-0.39, 0.29) is 5.91 Å². The first-order valence-corrected chi connectivity index (χ1v) is 8.77. The van der Waals surface area contributed by atoms with Crippen molar-refractivity contribution in [3.05, 3.63) is 71.1 Å². The van der Waals surface area contributed by atoms with Gasteiger partial charge in [-0.3, -0.25) is 4.79 Å². The Hall–Kier alpha value is -3.19. The molecule has 8 heteroatoms. The highest BCUT2D eigenvalue weighted by Gasteiger charge is 2.05. The van der Waals surface area contributed by atoms with E-state index in [1.165, 1.54) is 6.33 Å². The number of anilines is 3. The number of nitrogens with zero attached hydrogens (tertiary/aromatic N) is 3. The first-order valence-electron chi connectivity index (χ1n) is 8.39. The summed E-state index contributed by atoms with van der Waals surface area (Å²) in [5.41, 5.74) is 1.68. The Morgan fingerprint density at radius 3 is 2.48 bits per heavy atom. The Morgan fingerprint density at radius 1 is 0.963 bits per heavy atom. The monoisotopic (exact) mass is 382 g/mol. The number of carbonyl (C=O) groups excluding carboxylic acids is 1. The zero-order valence-electron chi connectivity index (χ0n) is 14.7. The molecule has 138 valence electrons. The van der Waals surface area contributed by atoms with Crippen molar-refractivity contribution in [2.24, 2.45) is 0 Å². The van der Waals surface area contributed by atoms with Gasteiger partial charge >= 0.3 is 0 Å². The van der Waals surface area contributed by atoms with Gasteiger partial charge in [-0.25, -0.2) is 15.0 Å². The average Bonchev–Trinajstić information content (AvgIpc) is 2.66. The van der Waals surface area contributed by atoms with Crippen LogP contribution in [0.2, 0.25) is 5.02 Å². The summed E-state index contributed by atoms with van der Waals surface area (Å²) in [6.45, 7) is 2.98. The topological polar surface area (TPSA) is 91.8 Å². The first-order chi connectivity index (χ1) is 13.1. The van der Waals surface area contributed by atoms with Crippen LogP contribution in [0.15, 0.2) is 55.0 Å². The number of carbonyl (C=O) groups is 1. The van der Waals surface area contributed by atoms with Crippen molar-refractivity contribution in [3.63, 3.8) is 0 Å². The van der Waals surface area contributed by atoms with E-state index in [9.17, 15) is 4.79 Å². The molecule has 0 aliphatic heterocycles. The second-order valence-corrected chi connectivity index (χ2v) is 6.26. The van der Waals surface area contributed by atoms with Crippen LogP contribution in [-0.4, -0.2) is 33.9 Å². The number of aromatic nitrogens is 3. The molecule has 7 nitrogen and oxygen atoms in total. The molecule has 0 aliphatic rings. The largest absolute Gasteiger partial charge is 0.368 e. The highest BCUT2D eigenvalue weighted by atomic mass is 35.5. The maximum atomic E-state index is 12.0. The molecule has 1 aromatic carbocycles. The zero-order chi connectivity index (χ0) is 19.1. The van der Waals surface area contributed by atoms with Crippen molar-refractivity contribution in [3.8, 4) is 0 Å². The van der Waals surface area contributed by atoms with E-state index in [0.717, 1.165) is 11.4 Å². The molecule has 1 amide bonds. The third-order valence-corrected chi connectivity index (χ3v) is 3.91. The second kappa shape index (κ2) is 8.95. The molecule has 0 aliphatic carbocycles. The van der Waals surface area contributed by atoms with Crippen LogP contribution >= 0.6 is 11.6 Å². The van der Waals surface area contributed by atoms with Crippen LogP contribution in [0.3, 0.4) is 0 Å². The van der Waals surface area contributed by atoms with Crippen molar-refractivity contribution in [1.29, 1.82) is 0 Å². The standard InChI is InChI=1S/C19H19ClN6O/c1-13-6-7-21-17(10-13)26-18-11-16(24-12-25-18)22-8-9-23-19(27)14-2-4-15(20)5-3-14/h2-7,10-12H,8-9H2,1H3,(H,23,27)(H2,21,22,24,25,26). The Balaban J connectivity index is 1.48. The fourth-order valence-corrected chi connectivity index (χ4v) is 2.45. The molecule has 0 radical (unpaired) electrons. The van der Waals surface area contributed by atoms with Gasteiger partial charge in [-0.05, 0) is 48.9 Å². The summed E-state index contributed by atoms with van der Waals surface area (Å²) < 4.78 is 0. The smallest absolute Gasteiger partial charge is 0.251 e. The molecule has 3 aromatic rings.